The number of ether oxygens (including phenoxy) is 5. The molecule has 0 amide bonds. The summed E-state index contributed by atoms with van der Waals surface area (Å²) in [5.41, 5.74) is 4.40. The van der Waals surface area contributed by atoms with E-state index in [1.54, 1.807) is 35.5 Å². The Morgan fingerprint density at radius 2 is 1.28 bits per heavy atom. The molecule has 0 spiro atoms. The lowest BCUT2D eigenvalue weighted by atomic mass is 10.0. The predicted octanol–water partition coefficient (Wildman–Crippen LogP) is 4.76. The van der Waals surface area contributed by atoms with Crippen molar-refractivity contribution in [1.29, 1.82) is 0 Å². The third-order valence-electron chi connectivity index (χ3n) is 6.77. The van der Waals surface area contributed by atoms with Crippen molar-refractivity contribution in [3.8, 4) is 39.9 Å². The molecule has 1 fully saturated rings. The summed E-state index contributed by atoms with van der Waals surface area (Å²) in [7, 11) is 8.18. The number of hydrogen-bond donors (Lipinski definition) is 0. The van der Waals surface area contributed by atoms with E-state index >= 15 is 0 Å². The van der Waals surface area contributed by atoms with Crippen LogP contribution in [0.4, 0.5) is 5.69 Å². The number of benzene rings is 3. The topological polar surface area (TPSA) is 52.6 Å². The highest BCUT2D eigenvalue weighted by atomic mass is 16.5. The fourth-order valence-corrected chi connectivity index (χ4v) is 4.79. The zero-order chi connectivity index (χ0) is 25.5. The van der Waals surface area contributed by atoms with E-state index in [0.717, 1.165) is 56.0 Å². The van der Waals surface area contributed by atoms with Crippen molar-refractivity contribution in [3.63, 3.8) is 0 Å². The summed E-state index contributed by atoms with van der Waals surface area (Å²) < 4.78 is 27.9. The Morgan fingerprint density at radius 3 is 1.89 bits per heavy atom. The first-order valence-corrected chi connectivity index (χ1v) is 12.2. The Labute approximate surface area is 214 Å². The maximum Gasteiger partial charge on any atom is 0.207 e. The number of para-hydroxylation sites is 2. The van der Waals surface area contributed by atoms with Gasteiger partial charge in [0.05, 0.1) is 41.2 Å². The van der Waals surface area contributed by atoms with Gasteiger partial charge < -0.3 is 28.6 Å². The minimum atomic E-state index is 0.517. The number of methoxy groups -OCH3 is 5. The lowest BCUT2D eigenvalue weighted by molar-refractivity contribution is 0.260. The van der Waals surface area contributed by atoms with Crippen LogP contribution in [0.5, 0.6) is 28.7 Å². The van der Waals surface area contributed by atoms with Gasteiger partial charge in [0.15, 0.2) is 11.5 Å². The Hall–Kier alpha value is -3.58. The minimum Gasteiger partial charge on any atom is -0.495 e. The first kappa shape index (κ1) is 25.5. The molecule has 0 bridgehead atoms. The molecule has 4 rings (SSSR count). The van der Waals surface area contributed by atoms with E-state index in [4.69, 9.17) is 23.7 Å². The van der Waals surface area contributed by atoms with E-state index in [9.17, 15) is 0 Å². The molecule has 7 nitrogen and oxygen atoms in total. The summed E-state index contributed by atoms with van der Waals surface area (Å²) >= 11 is 0. The predicted molar refractivity (Wildman–Crippen MR) is 143 cm³/mol. The highest BCUT2D eigenvalue weighted by Gasteiger charge is 2.23. The largest absolute Gasteiger partial charge is 0.495 e. The van der Waals surface area contributed by atoms with E-state index in [2.05, 4.69) is 46.2 Å². The van der Waals surface area contributed by atoms with Crippen LogP contribution in [0.2, 0.25) is 0 Å². The SMILES string of the molecule is COc1ccccc1N1CCN(CCc2ccc(-c3cc(OC)c(OC)c(OC)c3OC)cc2)CC1. The molecule has 3 aromatic carbocycles. The van der Waals surface area contributed by atoms with Gasteiger partial charge in [0.2, 0.25) is 11.5 Å². The van der Waals surface area contributed by atoms with Crippen LogP contribution in [0.1, 0.15) is 5.56 Å². The number of nitrogens with zero attached hydrogens (tertiary/aromatic N) is 2. The van der Waals surface area contributed by atoms with Crippen molar-refractivity contribution in [2.45, 2.75) is 6.42 Å². The summed E-state index contributed by atoms with van der Waals surface area (Å²) in [6.45, 7) is 5.12. The van der Waals surface area contributed by atoms with Gasteiger partial charge in [0.1, 0.15) is 5.75 Å². The monoisotopic (exact) mass is 492 g/mol. The molecule has 0 aliphatic carbocycles. The van der Waals surface area contributed by atoms with E-state index in [1.165, 1.54) is 11.3 Å². The molecule has 1 aliphatic rings. The number of piperazine rings is 1. The molecule has 0 atom stereocenters. The van der Waals surface area contributed by atoms with Crippen molar-refractivity contribution < 1.29 is 23.7 Å². The van der Waals surface area contributed by atoms with Crippen LogP contribution in [-0.4, -0.2) is 73.2 Å². The summed E-state index contributed by atoms with van der Waals surface area (Å²) in [5, 5.41) is 0. The lowest BCUT2D eigenvalue weighted by Crippen LogP contribution is -2.47. The molecule has 1 saturated heterocycles. The molecule has 36 heavy (non-hydrogen) atoms. The fraction of sp³-hybridized carbons (Fsp3) is 0.379. The van der Waals surface area contributed by atoms with Gasteiger partial charge in [-0.1, -0.05) is 36.4 Å². The first-order chi connectivity index (χ1) is 17.6. The van der Waals surface area contributed by atoms with Crippen molar-refractivity contribution >= 4 is 5.69 Å². The van der Waals surface area contributed by atoms with Crippen molar-refractivity contribution in [1.82, 2.24) is 4.90 Å². The van der Waals surface area contributed by atoms with Gasteiger partial charge in [-0.25, -0.2) is 0 Å². The zero-order valence-electron chi connectivity index (χ0n) is 21.9. The minimum absolute atomic E-state index is 0.517. The molecular formula is C29H36N2O5. The van der Waals surface area contributed by atoms with Crippen LogP contribution in [0.25, 0.3) is 11.1 Å². The van der Waals surface area contributed by atoms with Crippen molar-refractivity contribution in [2.75, 3.05) is 73.2 Å². The normalized spacial score (nSPS) is 13.9. The Kier molecular flexibility index (Phi) is 8.44. The van der Waals surface area contributed by atoms with Crippen LogP contribution in [0.3, 0.4) is 0 Å². The molecule has 0 radical (unpaired) electrons. The molecule has 1 aliphatic heterocycles. The fourth-order valence-electron chi connectivity index (χ4n) is 4.79. The molecule has 0 N–H and O–H groups in total. The standard InChI is InChI=1S/C29H36N2O5/c1-32-25-9-7-6-8-24(25)31-18-16-30(17-19-31)15-14-21-10-12-22(13-11-21)23-20-26(33-2)28(35-4)29(36-5)27(23)34-3/h6-13,20H,14-19H2,1-5H3. The second-order valence-electron chi connectivity index (χ2n) is 8.67. The average Bonchev–Trinajstić information content (AvgIpc) is 2.95. The third-order valence-corrected chi connectivity index (χ3v) is 6.77. The Morgan fingerprint density at radius 1 is 0.639 bits per heavy atom. The Balaban J connectivity index is 1.40. The maximum absolute atomic E-state index is 5.70. The van der Waals surface area contributed by atoms with Crippen molar-refractivity contribution in [2.24, 2.45) is 0 Å². The summed E-state index contributed by atoms with van der Waals surface area (Å²) in [6, 6.07) is 18.8. The summed E-state index contributed by atoms with van der Waals surface area (Å²) in [6.07, 6.45) is 1.00. The van der Waals surface area contributed by atoms with Crippen LogP contribution >= 0.6 is 0 Å². The molecule has 1 heterocycles. The highest BCUT2D eigenvalue weighted by molar-refractivity contribution is 5.79. The molecule has 3 aromatic rings. The van der Waals surface area contributed by atoms with Crippen LogP contribution in [-0.2, 0) is 6.42 Å². The quantitative estimate of drug-likeness (QED) is 0.404. The Bertz CT molecular complexity index is 1140. The number of hydrogen-bond acceptors (Lipinski definition) is 7. The summed E-state index contributed by atoms with van der Waals surface area (Å²) in [5.74, 6) is 3.20. The van der Waals surface area contributed by atoms with Gasteiger partial charge >= 0.3 is 0 Å². The average molecular weight is 493 g/mol. The van der Waals surface area contributed by atoms with E-state index in [-0.39, 0.29) is 0 Å². The molecule has 7 heteroatoms. The summed E-state index contributed by atoms with van der Waals surface area (Å²) in [4.78, 5) is 4.94. The van der Waals surface area contributed by atoms with Crippen LogP contribution in [0.15, 0.2) is 54.6 Å². The van der Waals surface area contributed by atoms with Gasteiger partial charge in [-0.05, 0) is 35.7 Å². The van der Waals surface area contributed by atoms with E-state index in [1.807, 2.05) is 18.2 Å². The van der Waals surface area contributed by atoms with Crippen molar-refractivity contribution in [3.05, 3.63) is 60.2 Å². The van der Waals surface area contributed by atoms with Gasteiger partial charge in [0, 0.05) is 38.3 Å². The van der Waals surface area contributed by atoms with E-state index in [0.29, 0.717) is 23.0 Å². The van der Waals surface area contributed by atoms with Crippen LogP contribution in [0, 0.1) is 0 Å². The lowest BCUT2D eigenvalue weighted by Gasteiger charge is -2.36. The van der Waals surface area contributed by atoms with E-state index < -0.39 is 0 Å². The molecule has 0 saturated carbocycles. The second kappa shape index (κ2) is 11.9. The molecule has 0 aromatic heterocycles. The van der Waals surface area contributed by atoms with Gasteiger partial charge in [-0.3, -0.25) is 4.90 Å². The maximum atomic E-state index is 5.70. The third kappa shape index (κ3) is 5.31. The van der Waals surface area contributed by atoms with Gasteiger partial charge in [-0.15, -0.1) is 0 Å². The van der Waals surface area contributed by atoms with Crippen LogP contribution < -0.4 is 28.6 Å². The highest BCUT2D eigenvalue weighted by Crippen LogP contribution is 2.49. The molecule has 0 unspecified atom stereocenters. The molecule has 192 valence electrons. The first-order valence-electron chi connectivity index (χ1n) is 12.2. The number of anilines is 1. The van der Waals surface area contributed by atoms with Gasteiger partial charge in [-0.2, -0.15) is 0 Å². The molecular weight excluding hydrogens is 456 g/mol. The number of rotatable bonds is 10. The smallest absolute Gasteiger partial charge is 0.207 e. The zero-order valence-corrected chi connectivity index (χ0v) is 21.9. The van der Waals surface area contributed by atoms with Gasteiger partial charge in [0.25, 0.3) is 0 Å². The second-order valence-corrected chi connectivity index (χ2v) is 8.67.